The van der Waals surface area contributed by atoms with E-state index in [-0.39, 0.29) is 0 Å². The monoisotopic (exact) mass is 324 g/mol. The number of hydrogen-bond donors (Lipinski definition) is 2. The van der Waals surface area contributed by atoms with Gasteiger partial charge in [-0.25, -0.2) is 4.98 Å². The number of nitrogens with one attached hydrogen (secondary N) is 1. The zero-order chi connectivity index (χ0) is 13.7. The van der Waals surface area contributed by atoms with Crippen molar-refractivity contribution in [2.45, 2.75) is 26.0 Å². The number of halogens is 1. The maximum Gasteiger partial charge on any atom is 0.208 e. The van der Waals surface area contributed by atoms with Gasteiger partial charge in [-0.3, -0.25) is 0 Å². The Morgan fingerprint density at radius 3 is 3.00 bits per heavy atom. The smallest absolute Gasteiger partial charge is 0.208 e. The second kappa shape index (κ2) is 6.84. The maximum absolute atomic E-state index is 10.0. The molecule has 2 N–H and O–H groups in total. The van der Waals surface area contributed by atoms with Crippen molar-refractivity contribution in [3.05, 3.63) is 52.1 Å². The van der Waals surface area contributed by atoms with Crippen LogP contribution in [-0.4, -0.2) is 16.6 Å². The molecule has 2 aromatic rings. The fraction of sp³-hybridized carbons (Fsp3) is 0.357. The second-order valence-electron chi connectivity index (χ2n) is 4.28. The third kappa shape index (κ3) is 4.16. The maximum atomic E-state index is 10.0. The summed E-state index contributed by atoms with van der Waals surface area (Å²) >= 11 is 3.39. The van der Waals surface area contributed by atoms with Gasteiger partial charge < -0.3 is 14.8 Å². The number of aromatic nitrogens is 1. The Hall–Kier alpha value is -1.17. The molecule has 0 aliphatic carbocycles. The summed E-state index contributed by atoms with van der Waals surface area (Å²) in [5.41, 5.74) is 0.878. The molecule has 102 valence electrons. The van der Waals surface area contributed by atoms with E-state index in [1.807, 2.05) is 31.2 Å². The Morgan fingerprint density at radius 2 is 2.32 bits per heavy atom. The molecule has 19 heavy (non-hydrogen) atoms. The van der Waals surface area contributed by atoms with Crippen LogP contribution in [0.25, 0.3) is 0 Å². The minimum absolute atomic E-state index is 0.459. The summed E-state index contributed by atoms with van der Waals surface area (Å²) in [4.78, 5) is 4.15. The lowest BCUT2D eigenvalue weighted by molar-refractivity contribution is 0.173. The minimum atomic E-state index is -0.543. The molecule has 2 rings (SSSR count). The van der Waals surface area contributed by atoms with Crippen molar-refractivity contribution in [1.82, 2.24) is 10.3 Å². The lowest BCUT2D eigenvalue weighted by Crippen LogP contribution is -2.21. The highest BCUT2D eigenvalue weighted by molar-refractivity contribution is 9.10. The first-order chi connectivity index (χ1) is 9.19. The van der Waals surface area contributed by atoms with E-state index in [2.05, 4.69) is 26.2 Å². The van der Waals surface area contributed by atoms with E-state index >= 15 is 0 Å². The molecular formula is C14H17BrN2O2. The van der Waals surface area contributed by atoms with Gasteiger partial charge in [0.05, 0.1) is 18.8 Å². The van der Waals surface area contributed by atoms with Gasteiger partial charge in [-0.1, -0.05) is 35.0 Å². The molecule has 0 fully saturated rings. The van der Waals surface area contributed by atoms with E-state index in [0.717, 1.165) is 22.2 Å². The molecule has 1 heterocycles. The van der Waals surface area contributed by atoms with E-state index < -0.39 is 6.10 Å². The molecule has 5 heteroatoms. The largest absolute Gasteiger partial charge is 0.444 e. The predicted molar refractivity (Wildman–Crippen MR) is 76.7 cm³/mol. The number of aryl methyl sites for hydroxylation is 1. The Balaban J connectivity index is 1.82. The molecule has 0 saturated carbocycles. The Morgan fingerprint density at radius 1 is 1.47 bits per heavy atom. The summed E-state index contributed by atoms with van der Waals surface area (Å²) in [5.74, 6) is 1.53. The van der Waals surface area contributed by atoms with Gasteiger partial charge >= 0.3 is 0 Å². The lowest BCUT2D eigenvalue weighted by atomic mass is 10.1. The summed E-state index contributed by atoms with van der Waals surface area (Å²) in [5, 5.41) is 13.2. The van der Waals surface area contributed by atoms with Crippen molar-refractivity contribution < 1.29 is 9.52 Å². The van der Waals surface area contributed by atoms with Crippen molar-refractivity contribution in [2.24, 2.45) is 0 Å². The van der Waals surface area contributed by atoms with Gasteiger partial charge in [0.1, 0.15) is 5.76 Å². The molecule has 1 aromatic heterocycles. The number of oxazole rings is 1. The number of aliphatic hydroxyl groups is 1. The predicted octanol–water partition coefficient (Wildman–Crippen LogP) is 2.82. The van der Waals surface area contributed by atoms with Crippen LogP contribution in [0.4, 0.5) is 0 Å². The van der Waals surface area contributed by atoms with Crippen LogP contribution in [0.2, 0.25) is 0 Å². The van der Waals surface area contributed by atoms with Crippen LogP contribution in [0.15, 0.2) is 39.4 Å². The van der Waals surface area contributed by atoms with Crippen LogP contribution < -0.4 is 5.32 Å². The number of benzene rings is 1. The van der Waals surface area contributed by atoms with Crippen LogP contribution in [0.3, 0.4) is 0 Å². The van der Waals surface area contributed by atoms with Gasteiger partial charge in [-0.2, -0.15) is 0 Å². The molecule has 1 unspecified atom stereocenters. The highest BCUT2D eigenvalue weighted by Crippen LogP contribution is 2.17. The summed E-state index contributed by atoms with van der Waals surface area (Å²) in [7, 11) is 0. The van der Waals surface area contributed by atoms with E-state index in [9.17, 15) is 5.11 Å². The van der Waals surface area contributed by atoms with E-state index in [0.29, 0.717) is 19.0 Å². The van der Waals surface area contributed by atoms with Crippen molar-refractivity contribution in [2.75, 3.05) is 6.54 Å². The van der Waals surface area contributed by atoms with Crippen molar-refractivity contribution >= 4 is 15.9 Å². The molecule has 0 aliphatic rings. The standard InChI is InChI=1S/C14H17BrN2O2/c1-2-12-7-17-14(19-12)9-16-8-13(18)10-4-3-5-11(15)6-10/h3-7,13,16,18H,2,8-9H2,1H3. The fourth-order valence-electron chi connectivity index (χ4n) is 1.74. The molecule has 0 bridgehead atoms. The lowest BCUT2D eigenvalue weighted by Gasteiger charge is -2.11. The van der Waals surface area contributed by atoms with Gasteiger partial charge in [-0.05, 0) is 17.7 Å². The van der Waals surface area contributed by atoms with Crippen molar-refractivity contribution in [1.29, 1.82) is 0 Å². The van der Waals surface area contributed by atoms with Crippen molar-refractivity contribution in [3.8, 4) is 0 Å². The van der Waals surface area contributed by atoms with Crippen molar-refractivity contribution in [3.63, 3.8) is 0 Å². The molecule has 1 aromatic carbocycles. The highest BCUT2D eigenvalue weighted by Gasteiger charge is 2.08. The third-order valence-corrected chi connectivity index (χ3v) is 3.29. The third-order valence-electron chi connectivity index (χ3n) is 2.80. The van der Waals surface area contributed by atoms with E-state index in [1.165, 1.54) is 0 Å². The van der Waals surface area contributed by atoms with Crippen LogP contribution in [0.5, 0.6) is 0 Å². The summed E-state index contributed by atoms with van der Waals surface area (Å²) < 4.78 is 6.44. The van der Waals surface area contributed by atoms with Gasteiger partial charge in [-0.15, -0.1) is 0 Å². The van der Waals surface area contributed by atoms with Gasteiger partial charge in [0.2, 0.25) is 5.89 Å². The number of hydrogen-bond acceptors (Lipinski definition) is 4. The molecule has 1 atom stereocenters. The molecule has 0 amide bonds. The Labute approximate surface area is 121 Å². The normalized spacial score (nSPS) is 12.6. The van der Waals surface area contributed by atoms with Crippen LogP contribution in [0.1, 0.15) is 30.2 Å². The average Bonchev–Trinajstić information content (AvgIpc) is 2.86. The molecule has 0 radical (unpaired) electrons. The molecule has 4 nitrogen and oxygen atoms in total. The van der Waals surface area contributed by atoms with E-state index in [4.69, 9.17) is 4.42 Å². The molecule has 0 saturated heterocycles. The SMILES string of the molecule is CCc1cnc(CNCC(O)c2cccc(Br)c2)o1. The number of nitrogens with zero attached hydrogens (tertiary/aromatic N) is 1. The zero-order valence-electron chi connectivity index (χ0n) is 10.8. The van der Waals surface area contributed by atoms with Gasteiger partial charge in [0.25, 0.3) is 0 Å². The highest BCUT2D eigenvalue weighted by atomic mass is 79.9. The second-order valence-corrected chi connectivity index (χ2v) is 5.19. The summed E-state index contributed by atoms with van der Waals surface area (Å²) in [6.45, 7) is 3.00. The molecular weight excluding hydrogens is 308 g/mol. The minimum Gasteiger partial charge on any atom is -0.444 e. The zero-order valence-corrected chi connectivity index (χ0v) is 12.4. The molecule has 0 aliphatic heterocycles. The Kier molecular flexibility index (Phi) is 5.13. The topological polar surface area (TPSA) is 58.3 Å². The molecule has 0 spiro atoms. The van der Waals surface area contributed by atoms with E-state index in [1.54, 1.807) is 6.20 Å². The summed E-state index contributed by atoms with van der Waals surface area (Å²) in [6, 6.07) is 7.65. The Bertz CT molecular complexity index is 528. The number of rotatable bonds is 6. The quantitative estimate of drug-likeness (QED) is 0.857. The van der Waals surface area contributed by atoms with Crippen LogP contribution in [0, 0.1) is 0 Å². The first kappa shape index (κ1) is 14.2. The van der Waals surface area contributed by atoms with Gasteiger partial charge in [0, 0.05) is 17.4 Å². The van der Waals surface area contributed by atoms with Crippen LogP contribution >= 0.6 is 15.9 Å². The first-order valence-electron chi connectivity index (χ1n) is 6.27. The number of aliphatic hydroxyl groups excluding tert-OH is 1. The average molecular weight is 325 g/mol. The first-order valence-corrected chi connectivity index (χ1v) is 7.06. The van der Waals surface area contributed by atoms with Crippen LogP contribution in [-0.2, 0) is 13.0 Å². The summed E-state index contributed by atoms with van der Waals surface area (Å²) in [6.07, 6.45) is 2.04. The van der Waals surface area contributed by atoms with Gasteiger partial charge in [0.15, 0.2) is 0 Å². The fourth-order valence-corrected chi connectivity index (χ4v) is 2.16.